The lowest BCUT2D eigenvalue weighted by molar-refractivity contribution is 0.432. The van der Waals surface area contributed by atoms with Crippen LogP contribution >= 0.6 is 0 Å². The molecule has 0 aliphatic heterocycles. The molecule has 0 unspecified atom stereocenters. The Labute approximate surface area is 159 Å². The second kappa shape index (κ2) is 6.05. The first-order valence-electron chi connectivity index (χ1n) is 8.76. The number of aryl methyl sites for hydroxylation is 2. The molecule has 8 heteroatoms. The Morgan fingerprint density at radius 1 is 1.07 bits per heavy atom. The van der Waals surface area contributed by atoms with Crippen molar-refractivity contribution in [1.29, 1.82) is 0 Å². The predicted molar refractivity (Wildman–Crippen MR) is 103 cm³/mol. The Hall–Kier alpha value is -3.94. The zero-order valence-electron chi connectivity index (χ0n) is 15.2. The van der Waals surface area contributed by atoms with Gasteiger partial charge in [-0.1, -0.05) is 17.3 Å². The van der Waals surface area contributed by atoms with Crippen LogP contribution < -0.4 is 5.69 Å². The fourth-order valence-electron chi connectivity index (χ4n) is 3.26. The molecule has 4 aromatic heterocycles. The van der Waals surface area contributed by atoms with E-state index in [1.54, 1.807) is 10.8 Å². The van der Waals surface area contributed by atoms with E-state index in [1.807, 2.05) is 67.0 Å². The predicted octanol–water partition coefficient (Wildman–Crippen LogP) is 3.15. The summed E-state index contributed by atoms with van der Waals surface area (Å²) in [7, 11) is 0. The quantitative estimate of drug-likeness (QED) is 0.525. The van der Waals surface area contributed by atoms with Crippen molar-refractivity contribution in [2.24, 2.45) is 0 Å². The summed E-state index contributed by atoms with van der Waals surface area (Å²) < 4.78 is 9.05. The molecule has 4 heterocycles. The highest BCUT2D eigenvalue weighted by atomic mass is 16.5. The maximum Gasteiger partial charge on any atom is 0.330 e. The molecule has 0 atom stereocenters. The third kappa shape index (κ3) is 2.54. The fourth-order valence-corrected chi connectivity index (χ4v) is 3.26. The average Bonchev–Trinajstić information content (AvgIpc) is 3.42. The molecule has 0 saturated heterocycles. The summed E-state index contributed by atoms with van der Waals surface area (Å²) in [6.07, 6.45) is 5.42. The van der Waals surface area contributed by atoms with Gasteiger partial charge < -0.3 is 13.9 Å². The van der Waals surface area contributed by atoms with Crippen LogP contribution in [0.3, 0.4) is 0 Å². The SMILES string of the molecule is Cc1c[nH]c(=O)n1-c1cccc(-c2noc(-c3ccn4c(C)cnc4c3)n2)c1. The Morgan fingerprint density at radius 2 is 1.96 bits per heavy atom. The van der Waals surface area contributed by atoms with Crippen LogP contribution in [0.1, 0.15) is 11.4 Å². The third-order valence-electron chi connectivity index (χ3n) is 4.69. The number of aromatic amines is 1. The smallest absolute Gasteiger partial charge is 0.330 e. The van der Waals surface area contributed by atoms with E-state index in [4.69, 9.17) is 4.52 Å². The molecule has 0 radical (unpaired) electrons. The van der Waals surface area contributed by atoms with E-state index in [-0.39, 0.29) is 5.69 Å². The number of hydrogen-bond acceptors (Lipinski definition) is 5. The number of hydrogen-bond donors (Lipinski definition) is 1. The van der Waals surface area contributed by atoms with Gasteiger partial charge in [0, 0.05) is 41.1 Å². The van der Waals surface area contributed by atoms with Crippen LogP contribution in [0.15, 0.2) is 64.3 Å². The minimum Gasteiger partial charge on any atom is -0.334 e. The van der Waals surface area contributed by atoms with Crippen LogP contribution in [0.4, 0.5) is 0 Å². The molecule has 5 rings (SSSR count). The number of imidazole rings is 2. The Kier molecular flexibility index (Phi) is 3.51. The van der Waals surface area contributed by atoms with Crippen LogP contribution in [-0.4, -0.2) is 29.1 Å². The van der Waals surface area contributed by atoms with Gasteiger partial charge in [-0.3, -0.25) is 4.57 Å². The summed E-state index contributed by atoms with van der Waals surface area (Å²) in [5, 5.41) is 4.11. The normalized spacial score (nSPS) is 11.4. The number of rotatable bonds is 3. The second-order valence-electron chi connectivity index (χ2n) is 6.59. The molecule has 0 bridgehead atoms. The number of nitrogens with zero attached hydrogens (tertiary/aromatic N) is 5. The van der Waals surface area contributed by atoms with Gasteiger partial charge in [-0.15, -0.1) is 0 Å². The first-order chi connectivity index (χ1) is 13.6. The number of benzene rings is 1. The van der Waals surface area contributed by atoms with Crippen molar-refractivity contribution >= 4 is 5.65 Å². The number of fused-ring (bicyclic) bond motifs is 1. The Bertz CT molecular complexity index is 1370. The maximum absolute atomic E-state index is 12.0. The largest absolute Gasteiger partial charge is 0.334 e. The number of aromatic nitrogens is 6. The lowest BCUT2D eigenvalue weighted by atomic mass is 10.2. The van der Waals surface area contributed by atoms with Crippen molar-refractivity contribution in [3.63, 3.8) is 0 Å². The Morgan fingerprint density at radius 3 is 2.79 bits per heavy atom. The molecule has 28 heavy (non-hydrogen) atoms. The van der Waals surface area contributed by atoms with Gasteiger partial charge in [-0.05, 0) is 38.1 Å². The summed E-state index contributed by atoms with van der Waals surface area (Å²) in [5.41, 5.74) is 4.80. The first-order valence-corrected chi connectivity index (χ1v) is 8.76. The zero-order chi connectivity index (χ0) is 19.3. The van der Waals surface area contributed by atoms with E-state index in [0.29, 0.717) is 11.7 Å². The molecular formula is C20H16N6O2. The molecule has 138 valence electrons. The van der Waals surface area contributed by atoms with Crippen molar-refractivity contribution in [3.8, 4) is 28.5 Å². The van der Waals surface area contributed by atoms with Crippen molar-refractivity contribution < 1.29 is 4.52 Å². The van der Waals surface area contributed by atoms with E-state index in [0.717, 1.165) is 33.8 Å². The zero-order valence-corrected chi connectivity index (χ0v) is 15.2. The molecule has 0 amide bonds. The summed E-state index contributed by atoms with van der Waals surface area (Å²) in [4.78, 5) is 23.6. The summed E-state index contributed by atoms with van der Waals surface area (Å²) >= 11 is 0. The molecule has 0 aliphatic carbocycles. The van der Waals surface area contributed by atoms with Crippen molar-refractivity contribution in [1.82, 2.24) is 29.1 Å². The van der Waals surface area contributed by atoms with Crippen LogP contribution in [0.25, 0.3) is 34.2 Å². The van der Waals surface area contributed by atoms with Gasteiger partial charge in [0.05, 0.1) is 5.69 Å². The molecule has 0 aliphatic rings. The Balaban J connectivity index is 1.54. The maximum atomic E-state index is 12.0. The first kappa shape index (κ1) is 16.2. The molecule has 0 saturated carbocycles. The number of nitrogens with one attached hydrogen (secondary N) is 1. The summed E-state index contributed by atoms with van der Waals surface area (Å²) in [6.45, 7) is 3.86. The average molecular weight is 372 g/mol. The van der Waals surface area contributed by atoms with Gasteiger partial charge >= 0.3 is 5.69 Å². The van der Waals surface area contributed by atoms with Gasteiger partial charge in [0.2, 0.25) is 5.82 Å². The van der Waals surface area contributed by atoms with Crippen molar-refractivity contribution in [2.45, 2.75) is 13.8 Å². The van der Waals surface area contributed by atoms with Gasteiger partial charge in [0.1, 0.15) is 5.65 Å². The lowest BCUT2D eigenvalue weighted by Gasteiger charge is -2.05. The van der Waals surface area contributed by atoms with Gasteiger partial charge in [-0.2, -0.15) is 4.98 Å². The highest BCUT2D eigenvalue weighted by Crippen LogP contribution is 2.24. The van der Waals surface area contributed by atoms with E-state index in [2.05, 4.69) is 20.1 Å². The van der Waals surface area contributed by atoms with Gasteiger partial charge in [0.15, 0.2) is 0 Å². The number of H-pyrrole nitrogens is 1. The van der Waals surface area contributed by atoms with E-state index in [1.165, 1.54) is 0 Å². The van der Waals surface area contributed by atoms with Crippen LogP contribution in [0.2, 0.25) is 0 Å². The van der Waals surface area contributed by atoms with E-state index < -0.39 is 0 Å². The highest BCUT2D eigenvalue weighted by molar-refractivity contribution is 5.64. The van der Waals surface area contributed by atoms with Gasteiger partial charge in [-0.25, -0.2) is 9.78 Å². The lowest BCUT2D eigenvalue weighted by Crippen LogP contribution is -2.15. The fraction of sp³-hybridized carbons (Fsp3) is 0.100. The van der Waals surface area contributed by atoms with Crippen molar-refractivity contribution in [3.05, 3.63) is 76.9 Å². The van der Waals surface area contributed by atoms with E-state index >= 15 is 0 Å². The van der Waals surface area contributed by atoms with E-state index in [9.17, 15) is 4.79 Å². The molecule has 1 N–H and O–H groups in total. The van der Waals surface area contributed by atoms with Crippen LogP contribution in [0.5, 0.6) is 0 Å². The second-order valence-corrected chi connectivity index (χ2v) is 6.59. The molecule has 1 aromatic carbocycles. The number of pyridine rings is 1. The minimum absolute atomic E-state index is 0.188. The minimum atomic E-state index is -0.188. The molecule has 8 nitrogen and oxygen atoms in total. The van der Waals surface area contributed by atoms with Gasteiger partial charge in [0.25, 0.3) is 5.89 Å². The standard InChI is InChI=1S/C20H16N6O2/c1-12-10-21-17-9-15(6-7-25(12)17)19-23-18(24-28-19)14-4-3-5-16(8-14)26-13(2)11-22-20(26)27/h3-11H,1-2H3,(H,22,27). The third-order valence-corrected chi connectivity index (χ3v) is 4.69. The van der Waals surface area contributed by atoms with Crippen LogP contribution in [-0.2, 0) is 0 Å². The molecular weight excluding hydrogens is 356 g/mol. The van der Waals surface area contributed by atoms with Crippen LogP contribution in [0, 0.1) is 13.8 Å². The monoisotopic (exact) mass is 372 g/mol. The highest BCUT2D eigenvalue weighted by Gasteiger charge is 2.13. The topological polar surface area (TPSA) is 94.0 Å². The summed E-state index contributed by atoms with van der Waals surface area (Å²) in [5.74, 6) is 0.871. The molecule has 5 aromatic rings. The molecule has 0 fully saturated rings. The summed E-state index contributed by atoms with van der Waals surface area (Å²) in [6, 6.07) is 11.3. The van der Waals surface area contributed by atoms with Crippen molar-refractivity contribution in [2.75, 3.05) is 0 Å². The molecule has 0 spiro atoms.